The maximum absolute atomic E-state index is 13.6. The quantitative estimate of drug-likeness (QED) is 0.465. The van der Waals surface area contributed by atoms with Crippen LogP contribution in [0.15, 0.2) is 53.6 Å². The van der Waals surface area contributed by atoms with Crippen LogP contribution in [0.3, 0.4) is 0 Å². The molecule has 10 heteroatoms. The number of benzene rings is 2. The van der Waals surface area contributed by atoms with Crippen LogP contribution in [0, 0.1) is 15.9 Å². The van der Waals surface area contributed by atoms with Crippen LogP contribution in [0.1, 0.15) is 31.1 Å². The Morgan fingerprint density at radius 2 is 2.03 bits per heavy atom. The molecule has 1 saturated heterocycles. The highest BCUT2D eigenvalue weighted by atomic mass is 32.2. The lowest BCUT2D eigenvalue weighted by Crippen LogP contribution is -2.34. The molecule has 0 saturated carbocycles. The number of aromatic nitrogens is 2. The zero-order valence-electron chi connectivity index (χ0n) is 16.8. The SMILES string of the molecule is CS(=O)(=O)c1ccc(N2CCCCC2c2ncc(-c3cccc(F)c3)[nH]2)cc1[N+](=O)[O-]. The van der Waals surface area contributed by atoms with E-state index in [4.69, 9.17) is 0 Å². The number of nitro groups is 1. The molecule has 0 radical (unpaired) electrons. The predicted molar refractivity (Wildman–Crippen MR) is 114 cm³/mol. The fourth-order valence-electron chi connectivity index (χ4n) is 3.97. The van der Waals surface area contributed by atoms with Crippen molar-refractivity contribution < 1.29 is 17.7 Å². The summed E-state index contributed by atoms with van der Waals surface area (Å²) >= 11 is 0. The summed E-state index contributed by atoms with van der Waals surface area (Å²) in [7, 11) is -3.73. The molecule has 1 aliphatic rings. The van der Waals surface area contributed by atoms with Gasteiger partial charge in [-0.15, -0.1) is 0 Å². The standard InChI is InChI=1S/C21H21FN4O4S/c1-31(29,30)20-9-8-16(12-19(20)26(27)28)25-10-3-2-7-18(25)21-23-13-17(24-21)14-5-4-6-15(22)11-14/h4-6,8-9,11-13,18H,2-3,7,10H2,1H3,(H,23,24). The first kappa shape index (κ1) is 21.0. The van der Waals surface area contributed by atoms with E-state index < -0.39 is 20.4 Å². The summed E-state index contributed by atoms with van der Waals surface area (Å²) < 4.78 is 37.4. The molecule has 1 aromatic heterocycles. The number of halogens is 1. The largest absolute Gasteiger partial charge is 0.361 e. The highest BCUT2D eigenvalue weighted by molar-refractivity contribution is 7.90. The van der Waals surface area contributed by atoms with E-state index in [1.165, 1.54) is 24.3 Å². The summed E-state index contributed by atoms with van der Waals surface area (Å²) in [5.74, 6) is 0.333. The summed E-state index contributed by atoms with van der Waals surface area (Å²) in [6, 6.07) is 10.2. The van der Waals surface area contributed by atoms with Crippen molar-refractivity contribution in [1.82, 2.24) is 9.97 Å². The summed E-state index contributed by atoms with van der Waals surface area (Å²) in [5.41, 5.74) is 1.48. The van der Waals surface area contributed by atoms with Gasteiger partial charge in [0.15, 0.2) is 9.84 Å². The van der Waals surface area contributed by atoms with Crippen LogP contribution in [-0.2, 0) is 9.84 Å². The smallest absolute Gasteiger partial charge is 0.290 e. The van der Waals surface area contributed by atoms with Gasteiger partial charge >= 0.3 is 0 Å². The molecule has 1 fully saturated rings. The molecule has 2 aromatic carbocycles. The Labute approximate surface area is 178 Å². The molecule has 1 unspecified atom stereocenters. The van der Waals surface area contributed by atoms with E-state index in [1.54, 1.807) is 24.4 Å². The molecule has 4 rings (SSSR count). The minimum absolute atomic E-state index is 0.167. The van der Waals surface area contributed by atoms with Gasteiger partial charge in [-0.2, -0.15) is 0 Å². The van der Waals surface area contributed by atoms with Crippen LogP contribution in [-0.4, -0.2) is 36.1 Å². The number of anilines is 1. The number of sulfone groups is 1. The normalized spacial score (nSPS) is 17.0. The van der Waals surface area contributed by atoms with Crippen molar-refractivity contribution in [2.45, 2.75) is 30.2 Å². The van der Waals surface area contributed by atoms with Gasteiger partial charge in [-0.25, -0.2) is 17.8 Å². The van der Waals surface area contributed by atoms with Crippen molar-refractivity contribution in [3.05, 3.63) is 70.4 Å². The third-order valence-corrected chi connectivity index (χ3v) is 6.56. The number of nitrogens with zero attached hydrogens (tertiary/aromatic N) is 3. The van der Waals surface area contributed by atoms with E-state index in [1.807, 2.05) is 4.90 Å². The number of nitrogens with one attached hydrogen (secondary N) is 1. The van der Waals surface area contributed by atoms with Gasteiger partial charge in [0.05, 0.1) is 22.9 Å². The second-order valence-electron chi connectivity index (χ2n) is 7.58. The monoisotopic (exact) mass is 444 g/mol. The lowest BCUT2D eigenvalue weighted by Gasteiger charge is -2.36. The number of imidazole rings is 1. The Balaban J connectivity index is 1.70. The topological polar surface area (TPSA) is 109 Å². The van der Waals surface area contributed by atoms with Gasteiger partial charge in [-0.05, 0) is 43.5 Å². The molecule has 3 aromatic rings. The molecule has 0 spiro atoms. The number of rotatable bonds is 5. The molecular formula is C21H21FN4O4S. The van der Waals surface area contributed by atoms with Gasteiger partial charge in [-0.1, -0.05) is 12.1 Å². The average molecular weight is 444 g/mol. The molecular weight excluding hydrogens is 423 g/mol. The van der Waals surface area contributed by atoms with Crippen molar-refractivity contribution in [3.8, 4) is 11.3 Å². The van der Waals surface area contributed by atoms with E-state index in [2.05, 4.69) is 9.97 Å². The van der Waals surface area contributed by atoms with E-state index in [0.717, 1.165) is 25.5 Å². The van der Waals surface area contributed by atoms with Gasteiger partial charge in [0.2, 0.25) is 0 Å². The van der Waals surface area contributed by atoms with Crippen LogP contribution in [0.5, 0.6) is 0 Å². The first-order valence-corrected chi connectivity index (χ1v) is 11.7. The minimum atomic E-state index is -3.73. The third-order valence-electron chi connectivity index (χ3n) is 5.42. The molecule has 162 valence electrons. The number of hydrogen-bond donors (Lipinski definition) is 1. The maximum atomic E-state index is 13.6. The molecule has 0 amide bonds. The Kier molecular flexibility index (Phi) is 5.48. The van der Waals surface area contributed by atoms with Crippen LogP contribution >= 0.6 is 0 Å². The predicted octanol–water partition coefficient (Wildman–Crippen LogP) is 4.26. The van der Waals surface area contributed by atoms with Crippen LogP contribution in [0.2, 0.25) is 0 Å². The number of piperidine rings is 1. The van der Waals surface area contributed by atoms with E-state index >= 15 is 0 Å². The zero-order chi connectivity index (χ0) is 22.2. The van der Waals surface area contributed by atoms with Crippen molar-refractivity contribution in [3.63, 3.8) is 0 Å². The van der Waals surface area contributed by atoms with E-state index in [9.17, 15) is 22.9 Å². The Morgan fingerprint density at radius 3 is 2.74 bits per heavy atom. The molecule has 1 N–H and O–H groups in total. The minimum Gasteiger partial charge on any atom is -0.361 e. The second-order valence-corrected chi connectivity index (χ2v) is 9.56. The van der Waals surface area contributed by atoms with Gasteiger partial charge < -0.3 is 9.88 Å². The Hall–Kier alpha value is -3.27. The number of H-pyrrole nitrogens is 1. The highest BCUT2D eigenvalue weighted by Gasteiger charge is 2.30. The van der Waals surface area contributed by atoms with Gasteiger partial charge in [0.25, 0.3) is 5.69 Å². The zero-order valence-corrected chi connectivity index (χ0v) is 17.6. The van der Waals surface area contributed by atoms with Gasteiger partial charge in [0, 0.05) is 30.1 Å². The fourth-order valence-corrected chi connectivity index (χ4v) is 4.80. The fraction of sp³-hybridized carbons (Fsp3) is 0.286. The number of hydrogen-bond acceptors (Lipinski definition) is 6. The first-order chi connectivity index (χ1) is 14.7. The Morgan fingerprint density at radius 1 is 1.23 bits per heavy atom. The molecule has 1 atom stereocenters. The van der Waals surface area contributed by atoms with Gasteiger partial charge in [0.1, 0.15) is 16.5 Å². The first-order valence-electron chi connectivity index (χ1n) is 9.80. The van der Waals surface area contributed by atoms with E-state index in [-0.39, 0.29) is 16.8 Å². The second kappa shape index (κ2) is 8.10. The van der Waals surface area contributed by atoms with E-state index in [0.29, 0.717) is 29.3 Å². The van der Waals surface area contributed by atoms with Crippen molar-refractivity contribution in [2.75, 3.05) is 17.7 Å². The number of nitro benzene ring substituents is 1. The molecule has 0 bridgehead atoms. The summed E-state index contributed by atoms with van der Waals surface area (Å²) in [4.78, 5) is 20.3. The van der Waals surface area contributed by atoms with Crippen molar-refractivity contribution >= 4 is 21.2 Å². The Bertz CT molecular complexity index is 1240. The summed E-state index contributed by atoms with van der Waals surface area (Å²) in [6.07, 6.45) is 5.23. The summed E-state index contributed by atoms with van der Waals surface area (Å²) in [5, 5.41) is 11.5. The molecule has 8 nitrogen and oxygen atoms in total. The molecule has 0 aliphatic carbocycles. The summed E-state index contributed by atoms with van der Waals surface area (Å²) in [6.45, 7) is 0.649. The lowest BCUT2D eigenvalue weighted by atomic mass is 10.0. The van der Waals surface area contributed by atoms with Crippen molar-refractivity contribution in [1.29, 1.82) is 0 Å². The highest BCUT2D eigenvalue weighted by Crippen LogP contribution is 2.37. The van der Waals surface area contributed by atoms with Crippen LogP contribution < -0.4 is 4.90 Å². The average Bonchev–Trinajstić information content (AvgIpc) is 3.23. The maximum Gasteiger partial charge on any atom is 0.290 e. The van der Waals surface area contributed by atoms with Gasteiger partial charge in [-0.3, -0.25) is 10.1 Å². The number of aromatic amines is 1. The molecule has 31 heavy (non-hydrogen) atoms. The van der Waals surface area contributed by atoms with Crippen molar-refractivity contribution in [2.24, 2.45) is 0 Å². The molecule has 1 aliphatic heterocycles. The van der Waals surface area contributed by atoms with Crippen LogP contribution in [0.25, 0.3) is 11.3 Å². The lowest BCUT2D eigenvalue weighted by molar-refractivity contribution is -0.387. The third kappa shape index (κ3) is 4.29. The van der Waals surface area contributed by atoms with Crippen LogP contribution in [0.4, 0.5) is 15.8 Å². The molecule has 2 heterocycles.